The number of hydrogen-bond acceptors (Lipinski definition) is 3. The quantitative estimate of drug-likeness (QED) is 0.556. The van der Waals surface area contributed by atoms with Crippen molar-refractivity contribution < 1.29 is 4.52 Å². The van der Waals surface area contributed by atoms with E-state index in [1.807, 2.05) is 19.9 Å². The summed E-state index contributed by atoms with van der Waals surface area (Å²) in [5.74, 6) is 0.858. The van der Waals surface area contributed by atoms with Gasteiger partial charge < -0.3 is 9.84 Å². The molecular formula is C10H16N2O. The van der Waals surface area contributed by atoms with Crippen LogP contribution in [0, 0.1) is 6.92 Å². The summed E-state index contributed by atoms with van der Waals surface area (Å²) >= 11 is 0. The molecule has 3 nitrogen and oxygen atoms in total. The molecule has 1 aromatic rings. The Morgan fingerprint density at radius 2 is 2.46 bits per heavy atom. The normalized spacial score (nSPS) is 10.3. The molecule has 0 aromatic carbocycles. The predicted molar refractivity (Wildman–Crippen MR) is 52.4 cm³/mol. The van der Waals surface area contributed by atoms with Crippen LogP contribution in [0.25, 0.3) is 0 Å². The molecule has 1 N–H and O–H groups in total. The highest BCUT2D eigenvalue weighted by molar-refractivity contribution is 5.02. The van der Waals surface area contributed by atoms with E-state index in [1.54, 1.807) is 0 Å². The van der Waals surface area contributed by atoms with Crippen LogP contribution in [0.2, 0.25) is 0 Å². The largest absolute Gasteiger partial charge is 0.361 e. The number of aryl methyl sites for hydroxylation is 1. The van der Waals surface area contributed by atoms with Crippen molar-refractivity contribution in [2.45, 2.75) is 26.8 Å². The van der Waals surface area contributed by atoms with Crippen molar-refractivity contribution in [3.8, 4) is 0 Å². The third kappa shape index (κ3) is 3.90. The van der Waals surface area contributed by atoms with E-state index in [9.17, 15) is 0 Å². The maximum Gasteiger partial charge on any atom is 0.133 e. The fourth-order valence-electron chi connectivity index (χ4n) is 1.02. The van der Waals surface area contributed by atoms with Crippen molar-refractivity contribution >= 4 is 0 Å². The Labute approximate surface area is 78.8 Å². The molecule has 0 saturated carbocycles. The van der Waals surface area contributed by atoms with Crippen molar-refractivity contribution in [2.75, 3.05) is 6.54 Å². The van der Waals surface area contributed by atoms with E-state index < -0.39 is 0 Å². The lowest BCUT2D eigenvalue weighted by atomic mass is 10.2. The first-order valence-electron chi connectivity index (χ1n) is 4.46. The van der Waals surface area contributed by atoms with Gasteiger partial charge in [0.2, 0.25) is 0 Å². The Morgan fingerprint density at radius 3 is 3.00 bits per heavy atom. The molecular weight excluding hydrogens is 164 g/mol. The SMILES string of the molecule is C=C(C)CCNCc1cc(C)on1. The molecule has 0 spiro atoms. The van der Waals surface area contributed by atoms with E-state index in [2.05, 4.69) is 17.1 Å². The first kappa shape index (κ1) is 9.99. The van der Waals surface area contributed by atoms with Crippen molar-refractivity contribution in [1.82, 2.24) is 10.5 Å². The standard InChI is InChI=1S/C10H16N2O/c1-8(2)4-5-11-7-10-6-9(3)13-12-10/h6,11H,1,4-5,7H2,2-3H3. The average Bonchev–Trinajstić information content (AvgIpc) is 2.45. The Hall–Kier alpha value is -1.09. The van der Waals surface area contributed by atoms with Crippen molar-refractivity contribution in [1.29, 1.82) is 0 Å². The van der Waals surface area contributed by atoms with Gasteiger partial charge in [0.25, 0.3) is 0 Å². The maximum atomic E-state index is 4.94. The molecule has 0 bridgehead atoms. The molecule has 0 radical (unpaired) electrons. The van der Waals surface area contributed by atoms with Crippen molar-refractivity contribution in [3.05, 3.63) is 29.7 Å². The summed E-state index contributed by atoms with van der Waals surface area (Å²) in [5, 5.41) is 7.14. The summed E-state index contributed by atoms with van der Waals surface area (Å²) in [6, 6.07) is 1.94. The zero-order valence-electron chi connectivity index (χ0n) is 8.26. The molecule has 0 aliphatic heterocycles. The molecule has 0 amide bonds. The van der Waals surface area contributed by atoms with Gasteiger partial charge in [-0.15, -0.1) is 6.58 Å². The molecule has 13 heavy (non-hydrogen) atoms. The van der Waals surface area contributed by atoms with Gasteiger partial charge in [-0.25, -0.2) is 0 Å². The fourth-order valence-corrected chi connectivity index (χ4v) is 1.02. The third-order valence-corrected chi connectivity index (χ3v) is 1.71. The molecule has 1 aromatic heterocycles. The second-order valence-corrected chi connectivity index (χ2v) is 3.31. The van der Waals surface area contributed by atoms with Crippen LogP contribution in [0.3, 0.4) is 0 Å². The second kappa shape index (κ2) is 4.82. The van der Waals surface area contributed by atoms with Crippen LogP contribution < -0.4 is 5.32 Å². The zero-order valence-corrected chi connectivity index (χ0v) is 8.26. The van der Waals surface area contributed by atoms with E-state index in [0.29, 0.717) is 0 Å². The van der Waals surface area contributed by atoms with Crippen LogP contribution in [0.4, 0.5) is 0 Å². The molecule has 0 atom stereocenters. The van der Waals surface area contributed by atoms with E-state index in [1.165, 1.54) is 5.57 Å². The van der Waals surface area contributed by atoms with E-state index in [-0.39, 0.29) is 0 Å². The summed E-state index contributed by atoms with van der Waals surface area (Å²) in [5.41, 5.74) is 2.16. The number of rotatable bonds is 5. The summed E-state index contributed by atoms with van der Waals surface area (Å²) in [6.45, 7) is 9.47. The van der Waals surface area contributed by atoms with Crippen molar-refractivity contribution in [3.63, 3.8) is 0 Å². The van der Waals surface area contributed by atoms with Gasteiger partial charge in [0.15, 0.2) is 0 Å². The van der Waals surface area contributed by atoms with Crippen LogP contribution in [0.5, 0.6) is 0 Å². The van der Waals surface area contributed by atoms with Gasteiger partial charge >= 0.3 is 0 Å². The van der Waals surface area contributed by atoms with E-state index in [0.717, 1.165) is 31.0 Å². The van der Waals surface area contributed by atoms with Gasteiger partial charge in [0.1, 0.15) is 5.76 Å². The number of nitrogens with one attached hydrogen (secondary N) is 1. The lowest BCUT2D eigenvalue weighted by molar-refractivity contribution is 0.388. The number of hydrogen-bond donors (Lipinski definition) is 1. The first-order chi connectivity index (χ1) is 6.18. The van der Waals surface area contributed by atoms with Crippen LogP contribution in [-0.4, -0.2) is 11.7 Å². The first-order valence-corrected chi connectivity index (χ1v) is 4.46. The van der Waals surface area contributed by atoms with Crippen LogP contribution in [0.1, 0.15) is 24.8 Å². The molecule has 0 aliphatic rings. The minimum atomic E-state index is 0.768. The molecule has 0 unspecified atom stereocenters. The summed E-state index contributed by atoms with van der Waals surface area (Å²) in [4.78, 5) is 0. The number of nitrogens with zero attached hydrogens (tertiary/aromatic N) is 1. The molecule has 3 heteroatoms. The summed E-state index contributed by atoms with van der Waals surface area (Å²) in [7, 11) is 0. The zero-order chi connectivity index (χ0) is 9.68. The molecule has 0 saturated heterocycles. The van der Waals surface area contributed by atoms with Crippen molar-refractivity contribution in [2.24, 2.45) is 0 Å². The number of aromatic nitrogens is 1. The molecule has 0 aliphatic carbocycles. The Bertz CT molecular complexity index is 278. The van der Waals surface area contributed by atoms with Gasteiger partial charge in [-0.2, -0.15) is 0 Å². The van der Waals surface area contributed by atoms with Crippen LogP contribution in [-0.2, 0) is 6.54 Å². The minimum Gasteiger partial charge on any atom is -0.361 e. The van der Waals surface area contributed by atoms with Crippen LogP contribution >= 0.6 is 0 Å². The maximum absolute atomic E-state index is 4.94. The van der Waals surface area contributed by atoms with Gasteiger partial charge in [-0.3, -0.25) is 0 Å². The second-order valence-electron chi connectivity index (χ2n) is 3.31. The predicted octanol–water partition coefficient (Wildman–Crippen LogP) is 2.04. The summed E-state index contributed by atoms with van der Waals surface area (Å²) in [6.07, 6.45) is 1.01. The molecule has 1 heterocycles. The van der Waals surface area contributed by atoms with Gasteiger partial charge in [-0.1, -0.05) is 10.7 Å². The van der Waals surface area contributed by atoms with Gasteiger partial charge in [-0.05, 0) is 26.8 Å². The highest BCUT2D eigenvalue weighted by Gasteiger charge is 1.98. The highest BCUT2D eigenvalue weighted by atomic mass is 16.5. The van der Waals surface area contributed by atoms with Crippen LogP contribution in [0.15, 0.2) is 22.7 Å². The Morgan fingerprint density at radius 1 is 1.69 bits per heavy atom. The third-order valence-electron chi connectivity index (χ3n) is 1.71. The Balaban J connectivity index is 2.16. The van der Waals surface area contributed by atoms with E-state index in [4.69, 9.17) is 4.52 Å². The summed E-state index contributed by atoms with van der Waals surface area (Å²) < 4.78 is 4.94. The van der Waals surface area contributed by atoms with Gasteiger partial charge in [0.05, 0.1) is 5.69 Å². The highest BCUT2D eigenvalue weighted by Crippen LogP contribution is 2.00. The molecule has 1 rings (SSSR count). The fraction of sp³-hybridized carbons (Fsp3) is 0.500. The smallest absolute Gasteiger partial charge is 0.133 e. The van der Waals surface area contributed by atoms with Gasteiger partial charge in [0, 0.05) is 12.6 Å². The van der Waals surface area contributed by atoms with E-state index >= 15 is 0 Å². The lowest BCUT2D eigenvalue weighted by Gasteiger charge is -2.00. The topological polar surface area (TPSA) is 38.1 Å². The average molecular weight is 180 g/mol. The monoisotopic (exact) mass is 180 g/mol. The molecule has 0 fully saturated rings. The Kier molecular flexibility index (Phi) is 3.71. The minimum absolute atomic E-state index is 0.768. The lowest BCUT2D eigenvalue weighted by Crippen LogP contribution is -2.14. The molecule has 72 valence electrons.